The second kappa shape index (κ2) is 8.56. The Morgan fingerprint density at radius 1 is 0.966 bits per heavy atom. The molecule has 0 atom stereocenters. The molecule has 6 heteroatoms. The molecule has 0 saturated carbocycles. The van der Waals surface area contributed by atoms with Crippen molar-refractivity contribution in [3.8, 4) is 11.1 Å². The maximum absolute atomic E-state index is 12.7. The number of hydrogen-bond acceptors (Lipinski definition) is 5. The van der Waals surface area contributed by atoms with E-state index in [0.717, 1.165) is 16.7 Å². The number of esters is 1. The number of pyridine rings is 1. The van der Waals surface area contributed by atoms with Crippen LogP contribution < -0.4 is 10.2 Å². The van der Waals surface area contributed by atoms with Gasteiger partial charge in [-0.25, -0.2) is 9.78 Å². The smallest absolute Gasteiger partial charge is 0.337 e. The number of carbonyl (C=O) groups is 2. The van der Waals surface area contributed by atoms with E-state index in [-0.39, 0.29) is 11.9 Å². The fraction of sp³-hybridized carbons (Fsp3) is 0.174. The maximum Gasteiger partial charge on any atom is 0.337 e. The average Bonchev–Trinajstić information content (AvgIpc) is 2.74. The number of nitrogens with zero attached hydrogens (tertiary/aromatic N) is 2. The van der Waals surface area contributed by atoms with Gasteiger partial charge in [0.1, 0.15) is 5.82 Å². The van der Waals surface area contributed by atoms with Crippen molar-refractivity contribution in [2.45, 2.75) is 6.92 Å². The van der Waals surface area contributed by atoms with Crippen LogP contribution in [0.1, 0.15) is 26.3 Å². The van der Waals surface area contributed by atoms with Crippen LogP contribution >= 0.6 is 0 Å². The van der Waals surface area contributed by atoms with Crippen LogP contribution in [0.2, 0.25) is 0 Å². The SMILES string of the molecule is COC(=O)c1ccc(-c2cc(NC(=O)c3ccnc(N(C)C)c3)ccc2C)cc1. The molecule has 3 aromatic rings. The van der Waals surface area contributed by atoms with Gasteiger partial charge in [0.25, 0.3) is 5.91 Å². The van der Waals surface area contributed by atoms with E-state index in [4.69, 9.17) is 4.74 Å². The lowest BCUT2D eigenvalue weighted by Crippen LogP contribution is -2.15. The van der Waals surface area contributed by atoms with Crippen LogP contribution in [0, 0.1) is 6.92 Å². The Morgan fingerprint density at radius 3 is 2.34 bits per heavy atom. The number of aromatic nitrogens is 1. The second-order valence-corrected chi connectivity index (χ2v) is 6.85. The molecule has 2 aromatic carbocycles. The molecule has 0 spiro atoms. The fourth-order valence-electron chi connectivity index (χ4n) is 2.92. The predicted octanol–water partition coefficient (Wildman–Crippen LogP) is 4.16. The molecule has 1 heterocycles. The highest BCUT2D eigenvalue weighted by atomic mass is 16.5. The minimum Gasteiger partial charge on any atom is -0.465 e. The first-order valence-corrected chi connectivity index (χ1v) is 9.13. The fourth-order valence-corrected chi connectivity index (χ4v) is 2.92. The van der Waals surface area contributed by atoms with Crippen molar-refractivity contribution >= 4 is 23.4 Å². The van der Waals surface area contributed by atoms with E-state index in [9.17, 15) is 9.59 Å². The van der Waals surface area contributed by atoms with Gasteiger partial charge in [-0.1, -0.05) is 18.2 Å². The molecule has 0 aliphatic heterocycles. The number of anilines is 2. The van der Waals surface area contributed by atoms with E-state index >= 15 is 0 Å². The summed E-state index contributed by atoms with van der Waals surface area (Å²) in [5.41, 5.74) is 4.71. The molecular formula is C23H23N3O3. The third-order valence-corrected chi connectivity index (χ3v) is 4.58. The van der Waals surface area contributed by atoms with Crippen LogP contribution in [-0.2, 0) is 4.74 Å². The van der Waals surface area contributed by atoms with Crippen molar-refractivity contribution in [3.05, 3.63) is 77.5 Å². The Morgan fingerprint density at radius 2 is 1.69 bits per heavy atom. The number of benzene rings is 2. The quantitative estimate of drug-likeness (QED) is 0.664. The zero-order chi connectivity index (χ0) is 21.0. The highest BCUT2D eigenvalue weighted by molar-refractivity contribution is 6.05. The first kappa shape index (κ1) is 20.1. The van der Waals surface area contributed by atoms with Gasteiger partial charge >= 0.3 is 5.97 Å². The van der Waals surface area contributed by atoms with Gasteiger partial charge in [-0.2, -0.15) is 0 Å². The molecule has 6 nitrogen and oxygen atoms in total. The summed E-state index contributed by atoms with van der Waals surface area (Å²) in [6.45, 7) is 2.00. The van der Waals surface area contributed by atoms with Crippen molar-refractivity contribution < 1.29 is 14.3 Å². The van der Waals surface area contributed by atoms with Crippen LogP contribution in [0.4, 0.5) is 11.5 Å². The van der Waals surface area contributed by atoms with E-state index in [1.54, 1.807) is 30.5 Å². The Hall–Kier alpha value is -3.67. The van der Waals surface area contributed by atoms with Crippen LogP contribution in [0.25, 0.3) is 11.1 Å². The molecule has 3 rings (SSSR count). The van der Waals surface area contributed by atoms with Gasteiger partial charge in [-0.15, -0.1) is 0 Å². The van der Waals surface area contributed by atoms with Gasteiger partial charge in [0.15, 0.2) is 0 Å². The summed E-state index contributed by atoms with van der Waals surface area (Å²) in [6.07, 6.45) is 1.62. The molecule has 1 N–H and O–H groups in total. The Labute approximate surface area is 170 Å². The largest absolute Gasteiger partial charge is 0.465 e. The van der Waals surface area contributed by atoms with Crippen LogP contribution in [-0.4, -0.2) is 38.1 Å². The molecule has 148 valence electrons. The third kappa shape index (κ3) is 4.60. The molecule has 0 unspecified atom stereocenters. The molecule has 1 aromatic heterocycles. The number of amides is 1. The second-order valence-electron chi connectivity index (χ2n) is 6.85. The molecule has 0 bridgehead atoms. The zero-order valence-corrected chi connectivity index (χ0v) is 16.9. The van der Waals surface area contributed by atoms with Gasteiger partial charge in [0.2, 0.25) is 0 Å². The van der Waals surface area contributed by atoms with Crippen LogP contribution in [0.5, 0.6) is 0 Å². The maximum atomic E-state index is 12.7. The third-order valence-electron chi connectivity index (χ3n) is 4.58. The molecule has 1 amide bonds. The molecule has 29 heavy (non-hydrogen) atoms. The molecule has 0 radical (unpaired) electrons. The standard InChI is InChI=1S/C23H23N3O3/c1-15-5-10-19(25-22(27)18-11-12-24-21(13-18)26(2)3)14-20(15)16-6-8-17(9-7-16)23(28)29-4/h5-14H,1-4H3,(H,25,27). The van der Waals surface area contributed by atoms with Crippen molar-refractivity contribution in [2.24, 2.45) is 0 Å². The lowest BCUT2D eigenvalue weighted by atomic mass is 9.98. The summed E-state index contributed by atoms with van der Waals surface area (Å²) in [7, 11) is 5.11. The summed E-state index contributed by atoms with van der Waals surface area (Å²) >= 11 is 0. The Balaban J connectivity index is 1.84. The Bertz CT molecular complexity index is 1040. The Kier molecular flexibility index (Phi) is 5.93. The highest BCUT2D eigenvalue weighted by Gasteiger charge is 2.11. The number of methoxy groups -OCH3 is 1. The molecule has 0 saturated heterocycles. The summed E-state index contributed by atoms with van der Waals surface area (Å²) in [4.78, 5) is 30.4. The molecular weight excluding hydrogens is 366 g/mol. The highest BCUT2D eigenvalue weighted by Crippen LogP contribution is 2.27. The van der Waals surface area contributed by atoms with Crippen molar-refractivity contribution in [2.75, 3.05) is 31.4 Å². The van der Waals surface area contributed by atoms with Gasteiger partial charge in [0.05, 0.1) is 12.7 Å². The first-order valence-electron chi connectivity index (χ1n) is 9.13. The van der Waals surface area contributed by atoms with E-state index < -0.39 is 0 Å². The van der Waals surface area contributed by atoms with E-state index in [0.29, 0.717) is 22.6 Å². The number of nitrogens with one attached hydrogen (secondary N) is 1. The number of carbonyl (C=O) groups excluding carboxylic acids is 2. The predicted molar refractivity (Wildman–Crippen MR) is 114 cm³/mol. The summed E-state index contributed by atoms with van der Waals surface area (Å²) in [5, 5.41) is 2.94. The van der Waals surface area contributed by atoms with Crippen molar-refractivity contribution in [1.29, 1.82) is 0 Å². The van der Waals surface area contributed by atoms with Gasteiger partial charge in [-0.3, -0.25) is 4.79 Å². The van der Waals surface area contributed by atoms with Gasteiger partial charge in [0, 0.05) is 31.5 Å². The number of rotatable bonds is 5. The lowest BCUT2D eigenvalue weighted by molar-refractivity contribution is 0.0600. The summed E-state index contributed by atoms with van der Waals surface area (Å²) in [6, 6.07) is 16.4. The average molecular weight is 389 g/mol. The molecule has 0 aliphatic carbocycles. The minimum absolute atomic E-state index is 0.202. The summed E-state index contributed by atoms with van der Waals surface area (Å²) < 4.78 is 4.74. The number of aryl methyl sites for hydroxylation is 1. The number of hydrogen-bond donors (Lipinski definition) is 1. The number of ether oxygens (including phenoxy) is 1. The van der Waals surface area contributed by atoms with Gasteiger partial charge < -0.3 is 15.0 Å². The topological polar surface area (TPSA) is 71.5 Å². The summed E-state index contributed by atoms with van der Waals surface area (Å²) in [5.74, 6) is 0.142. The minimum atomic E-state index is -0.372. The zero-order valence-electron chi connectivity index (χ0n) is 16.9. The first-order chi connectivity index (χ1) is 13.9. The van der Waals surface area contributed by atoms with Crippen molar-refractivity contribution in [1.82, 2.24) is 4.98 Å². The normalized spacial score (nSPS) is 10.3. The van der Waals surface area contributed by atoms with Crippen LogP contribution in [0.15, 0.2) is 60.8 Å². The van der Waals surface area contributed by atoms with Gasteiger partial charge in [-0.05, 0) is 60.0 Å². The monoisotopic (exact) mass is 389 g/mol. The van der Waals surface area contributed by atoms with E-state index in [1.165, 1.54) is 7.11 Å². The molecule has 0 aliphatic rings. The van der Waals surface area contributed by atoms with E-state index in [1.807, 2.05) is 56.3 Å². The van der Waals surface area contributed by atoms with E-state index in [2.05, 4.69) is 10.3 Å². The van der Waals surface area contributed by atoms with Crippen LogP contribution in [0.3, 0.4) is 0 Å². The molecule has 0 fully saturated rings. The lowest BCUT2D eigenvalue weighted by Gasteiger charge is -2.13. The van der Waals surface area contributed by atoms with Crippen molar-refractivity contribution in [3.63, 3.8) is 0 Å².